The van der Waals surface area contributed by atoms with Crippen LogP contribution in [0.25, 0.3) is 16.3 Å². The summed E-state index contributed by atoms with van der Waals surface area (Å²) in [4.78, 5) is 18.8. The SMILES string of the molecule is O=C(Oc1ccc2c(c1)cn1ccncc21)N1C2CCCC1COC2. The van der Waals surface area contributed by atoms with Gasteiger partial charge in [-0.05, 0) is 37.5 Å². The summed E-state index contributed by atoms with van der Waals surface area (Å²) < 4.78 is 13.3. The number of rotatable bonds is 1. The third kappa shape index (κ3) is 2.44. The van der Waals surface area contributed by atoms with Crippen molar-refractivity contribution in [2.75, 3.05) is 13.2 Å². The third-order valence-corrected chi connectivity index (χ3v) is 5.26. The largest absolute Gasteiger partial charge is 0.415 e. The molecule has 0 spiro atoms. The number of fused-ring (bicyclic) bond motifs is 5. The van der Waals surface area contributed by atoms with Crippen LogP contribution in [-0.4, -0.2) is 45.7 Å². The van der Waals surface area contributed by atoms with E-state index in [9.17, 15) is 4.79 Å². The van der Waals surface area contributed by atoms with Gasteiger partial charge < -0.3 is 13.9 Å². The van der Waals surface area contributed by atoms with Gasteiger partial charge in [-0.3, -0.25) is 9.88 Å². The Hall–Kier alpha value is -2.60. The van der Waals surface area contributed by atoms with E-state index >= 15 is 0 Å². The van der Waals surface area contributed by atoms with Gasteiger partial charge in [-0.1, -0.05) is 0 Å². The molecule has 4 heterocycles. The average molecular weight is 337 g/mol. The van der Waals surface area contributed by atoms with Crippen LogP contribution in [0.5, 0.6) is 5.75 Å². The molecule has 6 heteroatoms. The molecule has 0 saturated carbocycles. The van der Waals surface area contributed by atoms with Gasteiger partial charge in [0.05, 0.1) is 37.0 Å². The second kappa shape index (κ2) is 5.74. The van der Waals surface area contributed by atoms with Gasteiger partial charge in [0.25, 0.3) is 0 Å². The van der Waals surface area contributed by atoms with Crippen LogP contribution >= 0.6 is 0 Å². The molecule has 2 unspecified atom stereocenters. The zero-order valence-corrected chi connectivity index (χ0v) is 13.8. The third-order valence-electron chi connectivity index (χ3n) is 5.26. The second-order valence-corrected chi connectivity index (χ2v) is 6.80. The molecule has 2 aliphatic rings. The molecule has 2 aliphatic heterocycles. The predicted octanol–water partition coefficient (Wildman–Crippen LogP) is 3.24. The molecule has 2 saturated heterocycles. The number of amides is 1. The molecule has 25 heavy (non-hydrogen) atoms. The fraction of sp³-hybridized carbons (Fsp3) is 0.368. The quantitative estimate of drug-likeness (QED) is 0.684. The first-order valence-corrected chi connectivity index (χ1v) is 8.72. The number of carbonyl (C=O) groups is 1. The Balaban J connectivity index is 1.43. The van der Waals surface area contributed by atoms with Crippen molar-refractivity contribution in [1.82, 2.24) is 14.3 Å². The van der Waals surface area contributed by atoms with E-state index in [0.29, 0.717) is 19.0 Å². The number of carbonyl (C=O) groups excluding carboxylic acids is 1. The molecule has 2 fully saturated rings. The lowest BCUT2D eigenvalue weighted by molar-refractivity contribution is -0.0576. The fourth-order valence-corrected chi connectivity index (χ4v) is 4.07. The maximum absolute atomic E-state index is 12.7. The number of nitrogens with zero attached hydrogens (tertiary/aromatic N) is 3. The van der Waals surface area contributed by atoms with Gasteiger partial charge >= 0.3 is 6.09 Å². The average Bonchev–Trinajstić information content (AvgIpc) is 2.98. The van der Waals surface area contributed by atoms with E-state index in [4.69, 9.17) is 9.47 Å². The van der Waals surface area contributed by atoms with E-state index in [1.807, 2.05) is 46.1 Å². The van der Waals surface area contributed by atoms with Crippen molar-refractivity contribution in [3.63, 3.8) is 0 Å². The first kappa shape index (κ1) is 14.7. The first-order chi connectivity index (χ1) is 12.3. The van der Waals surface area contributed by atoms with Crippen LogP contribution in [0, 0.1) is 0 Å². The number of hydrogen-bond donors (Lipinski definition) is 0. The maximum atomic E-state index is 12.7. The van der Waals surface area contributed by atoms with Crippen LogP contribution in [-0.2, 0) is 4.74 Å². The Morgan fingerprint density at radius 3 is 2.92 bits per heavy atom. The van der Waals surface area contributed by atoms with Crippen LogP contribution in [0.15, 0.2) is 43.0 Å². The number of piperidine rings is 1. The summed E-state index contributed by atoms with van der Waals surface area (Å²) in [6, 6.07) is 6.04. The van der Waals surface area contributed by atoms with Gasteiger partial charge in [0.2, 0.25) is 0 Å². The topological polar surface area (TPSA) is 56.1 Å². The molecule has 5 rings (SSSR count). The van der Waals surface area contributed by atoms with Gasteiger partial charge in [0.1, 0.15) is 5.75 Å². The summed E-state index contributed by atoms with van der Waals surface area (Å²) in [7, 11) is 0. The smallest absolute Gasteiger partial charge is 0.410 e. The van der Waals surface area contributed by atoms with Crippen LogP contribution in [0.4, 0.5) is 4.79 Å². The van der Waals surface area contributed by atoms with E-state index in [-0.39, 0.29) is 18.2 Å². The molecule has 6 nitrogen and oxygen atoms in total. The van der Waals surface area contributed by atoms with Crippen molar-refractivity contribution in [2.24, 2.45) is 0 Å². The maximum Gasteiger partial charge on any atom is 0.415 e. The summed E-state index contributed by atoms with van der Waals surface area (Å²) >= 11 is 0. The minimum Gasteiger partial charge on any atom is -0.410 e. The van der Waals surface area contributed by atoms with Crippen LogP contribution in [0.2, 0.25) is 0 Å². The Morgan fingerprint density at radius 1 is 1.24 bits per heavy atom. The molecule has 2 aromatic heterocycles. The number of aromatic nitrogens is 2. The Bertz CT molecular complexity index is 929. The van der Waals surface area contributed by atoms with E-state index in [2.05, 4.69) is 4.98 Å². The number of hydrogen-bond acceptors (Lipinski definition) is 4. The summed E-state index contributed by atoms with van der Waals surface area (Å²) in [5.41, 5.74) is 1.04. The standard InChI is InChI=1S/C19H19N3O3/c23-19(22-14-2-1-3-15(22)12-24-11-14)25-16-4-5-17-13(8-16)10-21-7-6-20-9-18(17)21/h4-10,14-15H,1-3,11-12H2. The van der Waals surface area contributed by atoms with Crippen molar-refractivity contribution in [3.8, 4) is 5.75 Å². The van der Waals surface area contributed by atoms with E-state index in [0.717, 1.165) is 35.6 Å². The minimum absolute atomic E-state index is 0.145. The first-order valence-electron chi connectivity index (χ1n) is 8.72. The molecule has 0 aliphatic carbocycles. The lowest BCUT2D eigenvalue weighted by Crippen LogP contribution is -2.58. The molecular weight excluding hydrogens is 318 g/mol. The molecular formula is C19H19N3O3. The molecule has 2 atom stereocenters. The fourth-order valence-electron chi connectivity index (χ4n) is 4.07. The van der Waals surface area contributed by atoms with Crippen LogP contribution < -0.4 is 4.74 Å². The monoisotopic (exact) mass is 337 g/mol. The highest BCUT2D eigenvalue weighted by Crippen LogP contribution is 2.30. The zero-order chi connectivity index (χ0) is 16.8. The lowest BCUT2D eigenvalue weighted by Gasteiger charge is -2.44. The molecule has 128 valence electrons. The molecule has 0 N–H and O–H groups in total. The van der Waals surface area contributed by atoms with Gasteiger partial charge in [-0.25, -0.2) is 4.79 Å². The highest BCUT2D eigenvalue weighted by atomic mass is 16.6. The van der Waals surface area contributed by atoms with Gasteiger partial charge in [-0.2, -0.15) is 0 Å². The molecule has 1 amide bonds. The van der Waals surface area contributed by atoms with E-state index in [1.165, 1.54) is 0 Å². The lowest BCUT2D eigenvalue weighted by atomic mass is 9.95. The normalized spacial score (nSPS) is 23.1. The zero-order valence-electron chi connectivity index (χ0n) is 13.8. The van der Waals surface area contributed by atoms with Crippen molar-refractivity contribution < 1.29 is 14.3 Å². The number of benzene rings is 1. The van der Waals surface area contributed by atoms with Crippen molar-refractivity contribution in [2.45, 2.75) is 31.3 Å². The van der Waals surface area contributed by atoms with Gasteiger partial charge in [-0.15, -0.1) is 0 Å². The molecule has 0 radical (unpaired) electrons. The summed E-state index contributed by atoms with van der Waals surface area (Å²) in [5, 5.41) is 2.12. The second-order valence-electron chi connectivity index (χ2n) is 6.80. The predicted molar refractivity (Wildman–Crippen MR) is 92.8 cm³/mol. The van der Waals surface area contributed by atoms with Gasteiger partial charge in [0, 0.05) is 29.4 Å². The Morgan fingerprint density at radius 2 is 2.08 bits per heavy atom. The van der Waals surface area contributed by atoms with Gasteiger partial charge in [0.15, 0.2) is 0 Å². The van der Waals surface area contributed by atoms with Crippen LogP contribution in [0.1, 0.15) is 19.3 Å². The van der Waals surface area contributed by atoms with Crippen LogP contribution in [0.3, 0.4) is 0 Å². The summed E-state index contributed by atoms with van der Waals surface area (Å²) in [6.45, 7) is 1.23. The van der Waals surface area contributed by atoms with E-state index < -0.39 is 0 Å². The van der Waals surface area contributed by atoms with Crippen molar-refractivity contribution in [1.29, 1.82) is 0 Å². The molecule has 1 aromatic carbocycles. The molecule has 2 bridgehead atoms. The highest BCUT2D eigenvalue weighted by Gasteiger charge is 2.38. The Labute approximate surface area is 145 Å². The van der Waals surface area contributed by atoms with E-state index in [1.54, 1.807) is 6.20 Å². The molecule has 3 aromatic rings. The van der Waals surface area contributed by atoms with Crippen molar-refractivity contribution >= 4 is 22.4 Å². The number of morpholine rings is 1. The summed E-state index contributed by atoms with van der Waals surface area (Å²) in [6.07, 6.45) is 10.4. The van der Waals surface area contributed by atoms with Crippen molar-refractivity contribution in [3.05, 3.63) is 43.0 Å². The number of ether oxygens (including phenoxy) is 2. The highest BCUT2D eigenvalue weighted by molar-refractivity contribution is 5.97. The summed E-state index contributed by atoms with van der Waals surface area (Å²) in [5.74, 6) is 0.575. The minimum atomic E-state index is -0.261. The Kier molecular flexibility index (Phi) is 3.38.